The minimum Gasteiger partial charge on any atom is -0.350 e. The second kappa shape index (κ2) is 7.60. The fraction of sp³-hybridized carbons (Fsp3) is 0.222. The van der Waals surface area contributed by atoms with Gasteiger partial charge in [0, 0.05) is 20.6 Å². The van der Waals surface area contributed by atoms with Crippen LogP contribution in [0.25, 0.3) is 11.0 Å². The molecule has 3 N–H and O–H groups in total. The number of aromatic nitrogens is 3. The maximum Gasteiger partial charge on any atom is 0.332 e. The number of nitrogens with one attached hydrogen (secondary N) is 1. The lowest BCUT2D eigenvalue weighted by atomic mass is 10.1. The quantitative estimate of drug-likeness (QED) is 0.559. The molecule has 3 rings (SSSR count). The van der Waals surface area contributed by atoms with Crippen LogP contribution in [0.5, 0.6) is 0 Å². The van der Waals surface area contributed by atoms with E-state index >= 15 is 0 Å². The van der Waals surface area contributed by atoms with Gasteiger partial charge < -0.3 is 5.32 Å². The van der Waals surface area contributed by atoms with Gasteiger partial charge in [0.15, 0.2) is 0 Å². The average molecular weight is 417 g/mol. The number of pyridine rings is 1. The molecule has 0 aliphatic heterocycles. The van der Waals surface area contributed by atoms with Crippen LogP contribution in [-0.2, 0) is 30.5 Å². The monoisotopic (exact) mass is 417 g/mol. The molecule has 1 amide bonds. The van der Waals surface area contributed by atoms with Crippen LogP contribution in [-0.4, -0.2) is 35.0 Å². The molecule has 11 heteroatoms. The molecule has 1 aromatic carbocycles. The van der Waals surface area contributed by atoms with Crippen molar-refractivity contribution in [2.45, 2.75) is 11.3 Å². The predicted molar refractivity (Wildman–Crippen MR) is 106 cm³/mol. The van der Waals surface area contributed by atoms with Crippen LogP contribution in [0.3, 0.4) is 0 Å². The maximum atomic E-state index is 12.4. The third kappa shape index (κ3) is 4.10. The number of carbonyl (C=O) groups excluding carboxylic acids is 1. The molecular weight excluding hydrogens is 398 g/mol. The summed E-state index contributed by atoms with van der Waals surface area (Å²) in [5.74, 6) is -0.457. The fourth-order valence-corrected chi connectivity index (χ4v) is 3.35. The number of aryl methyl sites for hydroxylation is 1. The summed E-state index contributed by atoms with van der Waals surface area (Å²) in [4.78, 5) is 40.7. The molecule has 0 bridgehead atoms. The van der Waals surface area contributed by atoms with Crippen LogP contribution in [0.15, 0.2) is 50.9 Å². The third-order valence-electron chi connectivity index (χ3n) is 4.49. The number of nitrogens with two attached hydrogens (primary N) is 1. The molecule has 0 unspecified atom stereocenters. The molecule has 0 radical (unpaired) electrons. The van der Waals surface area contributed by atoms with E-state index in [-0.39, 0.29) is 28.2 Å². The average Bonchev–Trinajstić information content (AvgIpc) is 2.69. The second-order valence-electron chi connectivity index (χ2n) is 6.47. The highest BCUT2D eigenvalue weighted by atomic mass is 32.2. The first-order valence-electron chi connectivity index (χ1n) is 8.56. The molecular formula is C18H19N5O5S. The Bertz CT molecular complexity index is 1320. The number of hydrogen-bond donors (Lipinski definition) is 2. The summed E-state index contributed by atoms with van der Waals surface area (Å²) < 4.78 is 24.7. The van der Waals surface area contributed by atoms with Crippen LogP contribution in [0.4, 0.5) is 0 Å². The lowest BCUT2D eigenvalue weighted by Gasteiger charge is -2.09. The zero-order valence-corrected chi connectivity index (χ0v) is 16.6. The SMILES string of the molecule is Cn1c(=O)c2ccc(C(=O)NCCc3ccc(S(N)(=O)=O)cc3)nc2n(C)c1=O. The van der Waals surface area contributed by atoms with Gasteiger partial charge in [0.05, 0.1) is 10.3 Å². The number of fused-ring (bicyclic) bond motifs is 1. The number of carbonyl (C=O) groups is 1. The molecule has 0 spiro atoms. The first-order valence-corrected chi connectivity index (χ1v) is 10.1. The predicted octanol–water partition coefficient (Wildman–Crippen LogP) is -0.748. The summed E-state index contributed by atoms with van der Waals surface area (Å²) in [6.45, 7) is 0.281. The summed E-state index contributed by atoms with van der Waals surface area (Å²) in [6, 6.07) is 8.92. The van der Waals surface area contributed by atoms with Gasteiger partial charge in [0.1, 0.15) is 11.3 Å². The van der Waals surface area contributed by atoms with Crippen molar-refractivity contribution < 1.29 is 13.2 Å². The Morgan fingerprint density at radius 1 is 1.07 bits per heavy atom. The number of benzene rings is 1. The van der Waals surface area contributed by atoms with E-state index in [0.717, 1.165) is 10.1 Å². The van der Waals surface area contributed by atoms with Crippen LogP contribution >= 0.6 is 0 Å². The lowest BCUT2D eigenvalue weighted by Crippen LogP contribution is -2.37. The molecule has 0 aliphatic rings. The third-order valence-corrected chi connectivity index (χ3v) is 5.41. The molecule has 0 atom stereocenters. The van der Waals surface area contributed by atoms with Gasteiger partial charge >= 0.3 is 5.69 Å². The Balaban J connectivity index is 1.73. The molecule has 0 saturated heterocycles. The number of primary sulfonamides is 1. The first-order chi connectivity index (χ1) is 13.6. The Hall–Kier alpha value is -3.31. The Morgan fingerprint density at radius 3 is 2.34 bits per heavy atom. The maximum absolute atomic E-state index is 12.4. The number of rotatable bonds is 5. The fourth-order valence-electron chi connectivity index (χ4n) is 2.84. The Labute approximate surface area is 165 Å². The molecule has 29 heavy (non-hydrogen) atoms. The standard InChI is InChI=1S/C18H19N5O5S/c1-22-15-13(17(25)23(2)18(22)26)7-8-14(21-15)16(24)20-10-9-11-3-5-12(6-4-11)29(19,27)28/h3-8H,9-10H2,1-2H3,(H,20,24)(H2,19,27,28). The minimum absolute atomic E-state index is 0.0161. The molecule has 3 aromatic rings. The number of amides is 1. The topological polar surface area (TPSA) is 146 Å². The molecule has 0 fully saturated rings. The van der Waals surface area contributed by atoms with Crippen LogP contribution in [0, 0.1) is 0 Å². The highest BCUT2D eigenvalue weighted by Gasteiger charge is 2.14. The van der Waals surface area contributed by atoms with Gasteiger partial charge in [-0.3, -0.25) is 18.7 Å². The van der Waals surface area contributed by atoms with E-state index < -0.39 is 27.2 Å². The van der Waals surface area contributed by atoms with Crippen molar-refractivity contribution in [3.8, 4) is 0 Å². The van der Waals surface area contributed by atoms with Gasteiger partial charge in [0.25, 0.3) is 11.5 Å². The molecule has 2 aromatic heterocycles. The van der Waals surface area contributed by atoms with Crippen molar-refractivity contribution in [3.05, 3.63) is 68.5 Å². The van der Waals surface area contributed by atoms with E-state index in [1.807, 2.05) is 0 Å². The van der Waals surface area contributed by atoms with E-state index in [1.54, 1.807) is 12.1 Å². The molecule has 152 valence electrons. The Kier molecular flexibility index (Phi) is 5.36. The van der Waals surface area contributed by atoms with Crippen molar-refractivity contribution in [1.82, 2.24) is 19.4 Å². The van der Waals surface area contributed by atoms with Gasteiger partial charge in [-0.1, -0.05) is 12.1 Å². The van der Waals surface area contributed by atoms with E-state index in [4.69, 9.17) is 5.14 Å². The summed E-state index contributed by atoms with van der Waals surface area (Å²) in [5.41, 5.74) is 0.00530. The summed E-state index contributed by atoms with van der Waals surface area (Å²) in [6.07, 6.45) is 0.462. The largest absolute Gasteiger partial charge is 0.350 e. The summed E-state index contributed by atoms with van der Waals surface area (Å²) >= 11 is 0. The van der Waals surface area contributed by atoms with Crippen LogP contribution in [0.1, 0.15) is 16.1 Å². The van der Waals surface area contributed by atoms with Crippen molar-refractivity contribution in [1.29, 1.82) is 0 Å². The zero-order chi connectivity index (χ0) is 21.3. The van der Waals surface area contributed by atoms with Gasteiger partial charge in [0.2, 0.25) is 10.0 Å². The van der Waals surface area contributed by atoms with Crippen molar-refractivity contribution in [2.24, 2.45) is 19.2 Å². The number of nitrogens with zero attached hydrogens (tertiary/aromatic N) is 3. The van der Waals surface area contributed by atoms with Crippen LogP contribution in [0.2, 0.25) is 0 Å². The zero-order valence-electron chi connectivity index (χ0n) is 15.7. The molecule has 2 heterocycles. The second-order valence-corrected chi connectivity index (χ2v) is 8.03. The first kappa shape index (κ1) is 20.4. The van der Waals surface area contributed by atoms with Gasteiger partial charge in [-0.05, 0) is 36.2 Å². The normalized spacial score (nSPS) is 11.6. The van der Waals surface area contributed by atoms with Gasteiger partial charge in [-0.25, -0.2) is 23.3 Å². The van der Waals surface area contributed by atoms with E-state index in [0.29, 0.717) is 6.42 Å². The van der Waals surface area contributed by atoms with Crippen molar-refractivity contribution >= 4 is 27.0 Å². The highest BCUT2D eigenvalue weighted by Crippen LogP contribution is 2.09. The summed E-state index contributed by atoms with van der Waals surface area (Å²) in [5, 5.41) is 7.99. The highest BCUT2D eigenvalue weighted by molar-refractivity contribution is 7.89. The minimum atomic E-state index is -3.75. The van der Waals surface area contributed by atoms with Crippen molar-refractivity contribution in [2.75, 3.05) is 6.54 Å². The Morgan fingerprint density at radius 2 is 1.72 bits per heavy atom. The molecule has 0 saturated carbocycles. The lowest BCUT2D eigenvalue weighted by molar-refractivity contribution is 0.0949. The smallest absolute Gasteiger partial charge is 0.332 e. The molecule has 0 aliphatic carbocycles. The van der Waals surface area contributed by atoms with E-state index in [2.05, 4.69) is 10.3 Å². The van der Waals surface area contributed by atoms with Crippen molar-refractivity contribution in [3.63, 3.8) is 0 Å². The summed E-state index contributed by atoms with van der Waals surface area (Å²) in [7, 11) is -0.895. The van der Waals surface area contributed by atoms with E-state index in [9.17, 15) is 22.8 Å². The number of hydrogen-bond acceptors (Lipinski definition) is 6. The number of sulfonamides is 1. The molecule has 10 nitrogen and oxygen atoms in total. The van der Waals surface area contributed by atoms with Crippen LogP contribution < -0.4 is 21.7 Å². The van der Waals surface area contributed by atoms with Gasteiger partial charge in [-0.15, -0.1) is 0 Å². The van der Waals surface area contributed by atoms with Gasteiger partial charge in [-0.2, -0.15) is 0 Å². The van der Waals surface area contributed by atoms with E-state index in [1.165, 1.54) is 42.9 Å².